The lowest BCUT2D eigenvalue weighted by Gasteiger charge is -2.37. The summed E-state index contributed by atoms with van der Waals surface area (Å²) in [6.45, 7) is 17.8. The van der Waals surface area contributed by atoms with Crippen LogP contribution in [-0.2, 0) is 48.1 Å². The van der Waals surface area contributed by atoms with E-state index in [0.717, 1.165) is 39.5 Å². The lowest BCUT2D eigenvalue weighted by atomic mass is 9.84. The third-order valence-corrected chi connectivity index (χ3v) is 13.4. The van der Waals surface area contributed by atoms with Crippen LogP contribution >= 0.6 is 0 Å². The van der Waals surface area contributed by atoms with Crippen molar-refractivity contribution in [3.05, 3.63) is 88.7 Å². The summed E-state index contributed by atoms with van der Waals surface area (Å²) in [6.07, 6.45) is 2.34. The molecule has 67 heavy (non-hydrogen) atoms. The summed E-state index contributed by atoms with van der Waals surface area (Å²) in [7, 11) is 1.42. The molecule has 4 atom stereocenters. The number of nitrogens with zero attached hydrogens (tertiary/aromatic N) is 5. The maximum Gasteiger partial charge on any atom is 0.324 e. The molecule has 16 nitrogen and oxygen atoms in total. The number of nitrogens with one attached hydrogen (secondary N) is 2. The number of likely N-dealkylation sites (tertiary alicyclic amines) is 1. The number of aromatic hydroxyl groups is 1. The highest BCUT2D eigenvalue weighted by Gasteiger charge is 2.48. The fourth-order valence-corrected chi connectivity index (χ4v) is 10.1. The zero-order chi connectivity index (χ0) is 48.7. The number of ether oxygens (including phenoxy) is 1. The highest BCUT2D eigenvalue weighted by Crippen LogP contribution is 2.41. The van der Waals surface area contributed by atoms with E-state index in [-0.39, 0.29) is 56.4 Å². The summed E-state index contributed by atoms with van der Waals surface area (Å²) in [5.41, 5.74) is 5.96. The van der Waals surface area contributed by atoms with Gasteiger partial charge in [0, 0.05) is 67.9 Å². The van der Waals surface area contributed by atoms with Crippen LogP contribution in [0.5, 0.6) is 5.75 Å². The molecule has 2 aromatic heterocycles. The highest BCUT2D eigenvalue weighted by molar-refractivity contribution is 5.97. The monoisotopic (exact) mass is 919 g/mol. The normalized spacial score (nSPS) is 21.5. The number of hydrogen-bond donors (Lipinski definition) is 4. The Morgan fingerprint density at radius 3 is 2.46 bits per heavy atom. The Kier molecular flexibility index (Phi) is 13.9. The van der Waals surface area contributed by atoms with Crippen molar-refractivity contribution in [2.45, 2.75) is 117 Å². The van der Waals surface area contributed by atoms with Crippen LogP contribution in [-0.4, -0.2) is 121 Å². The number of fused-ring (bicyclic) bond motifs is 6. The number of hydrogen-bond acceptors (Lipinski definition) is 10. The number of phenolic OH excluding ortho intramolecular Hbond substituents is 1. The zero-order valence-electron chi connectivity index (χ0n) is 39.9. The number of benzene rings is 2. The number of likely N-dealkylation sites (N-methyl/N-ethyl adjacent to an activating group) is 1. The number of aryl methyl sites for hydroxylation is 1. The Labute approximate surface area is 391 Å². The number of carbonyl (C=O) groups is 5. The smallest absolute Gasteiger partial charge is 0.324 e. The van der Waals surface area contributed by atoms with Gasteiger partial charge in [0.05, 0.1) is 24.5 Å². The first-order valence-corrected chi connectivity index (χ1v) is 23.3. The van der Waals surface area contributed by atoms with Crippen LogP contribution in [0.1, 0.15) is 84.9 Å². The van der Waals surface area contributed by atoms with E-state index in [1.165, 1.54) is 27.9 Å². The molecule has 7 rings (SSSR count). The molecule has 358 valence electrons. The molecule has 16 heteroatoms. The maximum atomic E-state index is 14.7. The molecule has 6 bridgehead atoms. The van der Waals surface area contributed by atoms with Crippen molar-refractivity contribution < 1.29 is 38.9 Å². The fraction of sp³-hybridized carbons (Fsp3) is 0.490. The Bertz CT molecular complexity index is 2670. The molecule has 3 aliphatic rings. The van der Waals surface area contributed by atoms with Gasteiger partial charge in [-0.3, -0.25) is 33.8 Å². The number of hydrazine groups is 1. The number of pyridine rings is 1. The minimum Gasteiger partial charge on any atom is -0.508 e. The maximum absolute atomic E-state index is 14.7. The molecule has 0 radical (unpaired) electrons. The van der Waals surface area contributed by atoms with Gasteiger partial charge < -0.3 is 39.2 Å². The van der Waals surface area contributed by atoms with Gasteiger partial charge in [0.1, 0.15) is 23.9 Å². The SMILES string of the molecule is C=CC(=O)N1CC[C@](O)(C(=O)N(C)[C@H](C(=O)N[C@H]2Cc3cc(O)cc(c3)-c3ccc4c(c3)c(c(-c3cccc(=O)n3C(C)C)n4CC)CC(C)(C)COC(=O)[C@@H]3CCCN(N3)C2=O)C(C)C)C1. The highest BCUT2D eigenvalue weighted by atomic mass is 16.5. The second kappa shape index (κ2) is 19.2. The molecule has 2 fully saturated rings. The minimum absolute atomic E-state index is 0.0296. The number of rotatable bonds is 9. The van der Waals surface area contributed by atoms with Crippen molar-refractivity contribution in [1.82, 2.24) is 34.7 Å². The van der Waals surface area contributed by atoms with E-state index >= 15 is 0 Å². The second-order valence-electron chi connectivity index (χ2n) is 19.8. The Morgan fingerprint density at radius 1 is 1.03 bits per heavy atom. The number of aliphatic hydroxyl groups is 1. The van der Waals surface area contributed by atoms with Gasteiger partial charge in [0.2, 0.25) is 11.8 Å². The van der Waals surface area contributed by atoms with Crippen molar-refractivity contribution >= 4 is 40.5 Å². The summed E-state index contributed by atoms with van der Waals surface area (Å²) >= 11 is 0. The van der Waals surface area contributed by atoms with Crippen LogP contribution < -0.4 is 16.3 Å². The predicted molar refractivity (Wildman–Crippen MR) is 254 cm³/mol. The first-order valence-electron chi connectivity index (χ1n) is 23.3. The van der Waals surface area contributed by atoms with Crippen LogP contribution in [0, 0.1) is 11.3 Å². The summed E-state index contributed by atoms with van der Waals surface area (Å²) in [6, 6.07) is 13.0. The predicted octanol–water partition coefficient (Wildman–Crippen LogP) is 4.72. The molecule has 4 N–H and O–H groups in total. The van der Waals surface area contributed by atoms with Crippen LogP contribution in [0.3, 0.4) is 0 Å². The van der Waals surface area contributed by atoms with Crippen LogP contribution in [0.25, 0.3) is 33.4 Å². The standard InChI is InChI=1S/C51H65N7O9/c1-10-42(60)55-21-19-51(66,28-55)49(65)54(9)44(30(3)4)46(62)52-39-24-32-22-34(25-35(59)23-32)33-17-18-40-36(26-33)37(45(56(40)11-2)41-15-12-16-43(61)58(41)31(5)6)27-50(7,8)29-67-48(64)38-14-13-20-57(53-38)47(39)63/h10,12,15-18,22-23,25-26,30-31,38-39,44,53,59,66H,1,11,13-14,19-21,24,27-29H2,2-9H3,(H,52,62)/t38-,39-,44-,51+/m0/s1. The largest absolute Gasteiger partial charge is 0.508 e. The van der Waals surface area contributed by atoms with Crippen LogP contribution in [0.2, 0.25) is 0 Å². The van der Waals surface area contributed by atoms with Gasteiger partial charge in [-0.05, 0) is 105 Å². The second-order valence-corrected chi connectivity index (χ2v) is 19.8. The molecule has 0 spiro atoms. The Hall–Kier alpha value is -6.26. The molecule has 3 aliphatic heterocycles. The molecule has 0 saturated carbocycles. The third-order valence-electron chi connectivity index (χ3n) is 13.4. The molecular weight excluding hydrogens is 855 g/mol. The van der Waals surface area contributed by atoms with E-state index in [9.17, 15) is 39.0 Å². The molecule has 2 aromatic carbocycles. The molecule has 5 heterocycles. The molecule has 2 saturated heterocycles. The summed E-state index contributed by atoms with van der Waals surface area (Å²) < 4.78 is 10.1. The van der Waals surface area contributed by atoms with Crippen molar-refractivity contribution in [3.8, 4) is 28.3 Å². The van der Waals surface area contributed by atoms with E-state index in [2.05, 4.69) is 34.9 Å². The number of esters is 1. The van der Waals surface area contributed by atoms with E-state index in [1.807, 2.05) is 52.0 Å². The lowest BCUT2D eigenvalue weighted by Crippen LogP contribution is -2.63. The molecule has 0 unspecified atom stereocenters. The quantitative estimate of drug-likeness (QED) is 0.135. The van der Waals surface area contributed by atoms with Crippen LogP contribution in [0.15, 0.2) is 72.0 Å². The van der Waals surface area contributed by atoms with Crippen molar-refractivity contribution in [1.29, 1.82) is 0 Å². The fourth-order valence-electron chi connectivity index (χ4n) is 10.1. The average Bonchev–Trinajstić information content (AvgIpc) is 3.83. The number of carbonyl (C=O) groups excluding carboxylic acids is 5. The Balaban J connectivity index is 1.32. The topological polar surface area (TPSA) is 196 Å². The third kappa shape index (κ3) is 9.78. The van der Waals surface area contributed by atoms with E-state index in [0.29, 0.717) is 36.9 Å². The molecule has 4 amide bonds. The minimum atomic E-state index is -1.94. The molecule has 0 aliphatic carbocycles. The first-order chi connectivity index (χ1) is 31.7. The lowest BCUT2D eigenvalue weighted by molar-refractivity contribution is -0.156. The number of cyclic esters (lactones) is 1. The van der Waals surface area contributed by atoms with Gasteiger partial charge in [-0.1, -0.05) is 52.5 Å². The summed E-state index contributed by atoms with van der Waals surface area (Å²) in [5.74, 6) is -3.43. The van der Waals surface area contributed by atoms with Crippen molar-refractivity contribution in [2.24, 2.45) is 11.3 Å². The van der Waals surface area contributed by atoms with Gasteiger partial charge in [-0.2, -0.15) is 0 Å². The van der Waals surface area contributed by atoms with E-state index < -0.39 is 64.7 Å². The number of aromatic nitrogens is 2. The summed E-state index contributed by atoms with van der Waals surface area (Å²) in [4.78, 5) is 85.4. The number of β-amino-alcohol motifs (C(OH)–C–C–N with tert-alkyl or cyclic N) is 1. The van der Waals surface area contributed by atoms with Crippen molar-refractivity contribution in [3.63, 3.8) is 0 Å². The Morgan fingerprint density at radius 2 is 1.78 bits per heavy atom. The molecular formula is C51H65N7O9. The van der Waals surface area contributed by atoms with Gasteiger partial charge in [0.25, 0.3) is 17.4 Å². The number of amides is 4. The van der Waals surface area contributed by atoms with Crippen LogP contribution in [0.4, 0.5) is 0 Å². The molecule has 4 aromatic rings. The van der Waals surface area contributed by atoms with Gasteiger partial charge in [0.15, 0.2) is 5.60 Å². The number of phenols is 1. The average molecular weight is 920 g/mol. The first kappa shape index (κ1) is 48.7. The van der Waals surface area contributed by atoms with Gasteiger partial charge >= 0.3 is 5.97 Å². The van der Waals surface area contributed by atoms with Gasteiger partial charge in [-0.25, -0.2) is 5.43 Å². The van der Waals surface area contributed by atoms with E-state index in [4.69, 9.17) is 4.74 Å². The summed E-state index contributed by atoms with van der Waals surface area (Å²) in [5, 5.41) is 28.0. The van der Waals surface area contributed by atoms with Gasteiger partial charge in [-0.15, -0.1) is 0 Å². The van der Waals surface area contributed by atoms with Crippen molar-refractivity contribution in [2.75, 3.05) is 33.3 Å². The van der Waals surface area contributed by atoms with E-state index in [1.54, 1.807) is 36.6 Å². The zero-order valence-corrected chi connectivity index (χ0v) is 39.9.